The van der Waals surface area contributed by atoms with Crippen molar-refractivity contribution < 1.29 is 18.7 Å². The lowest BCUT2D eigenvalue weighted by atomic mass is 10.1. The predicted octanol–water partition coefficient (Wildman–Crippen LogP) is 3.31. The molecule has 164 valence electrons. The summed E-state index contributed by atoms with van der Waals surface area (Å²) < 4.78 is 24.0. The SMILES string of the molecule is CN=C(NCC(OC)c1ccc(F)cc1)N1CCC(NC(=O)OC(C)(C)C)C1.I. The van der Waals surface area contributed by atoms with Gasteiger partial charge in [0.15, 0.2) is 5.96 Å². The number of benzene rings is 1. The topological polar surface area (TPSA) is 75.2 Å². The third-order valence-electron chi connectivity index (χ3n) is 4.39. The number of rotatable bonds is 5. The number of nitrogens with one attached hydrogen (secondary N) is 2. The van der Waals surface area contributed by atoms with Gasteiger partial charge in [0.1, 0.15) is 11.4 Å². The maximum atomic E-state index is 13.1. The molecule has 9 heteroatoms. The van der Waals surface area contributed by atoms with Gasteiger partial charge in [-0.15, -0.1) is 24.0 Å². The molecule has 1 aliphatic rings. The van der Waals surface area contributed by atoms with Gasteiger partial charge in [-0.3, -0.25) is 4.99 Å². The summed E-state index contributed by atoms with van der Waals surface area (Å²) in [4.78, 5) is 18.4. The third kappa shape index (κ3) is 8.33. The van der Waals surface area contributed by atoms with Crippen LogP contribution in [0.3, 0.4) is 0 Å². The van der Waals surface area contributed by atoms with Gasteiger partial charge in [0, 0.05) is 33.8 Å². The Hall–Kier alpha value is -1.62. The van der Waals surface area contributed by atoms with Crippen molar-refractivity contribution in [3.63, 3.8) is 0 Å². The van der Waals surface area contributed by atoms with Crippen molar-refractivity contribution in [2.45, 2.75) is 44.9 Å². The molecule has 0 saturated carbocycles. The minimum atomic E-state index is -0.518. The smallest absolute Gasteiger partial charge is 0.407 e. The van der Waals surface area contributed by atoms with E-state index >= 15 is 0 Å². The summed E-state index contributed by atoms with van der Waals surface area (Å²) in [6.45, 7) is 7.43. The minimum absolute atomic E-state index is 0. The maximum Gasteiger partial charge on any atom is 0.407 e. The lowest BCUT2D eigenvalue weighted by Crippen LogP contribution is -2.45. The van der Waals surface area contributed by atoms with E-state index < -0.39 is 11.7 Å². The molecule has 1 aromatic rings. The zero-order chi connectivity index (χ0) is 20.7. The van der Waals surface area contributed by atoms with Crippen molar-refractivity contribution in [3.8, 4) is 0 Å². The summed E-state index contributed by atoms with van der Waals surface area (Å²) in [6.07, 6.45) is 0.180. The second kappa shape index (κ2) is 11.5. The summed E-state index contributed by atoms with van der Waals surface area (Å²) in [6, 6.07) is 6.27. The summed E-state index contributed by atoms with van der Waals surface area (Å²) in [5.41, 5.74) is 0.368. The average molecular weight is 522 g/mol. The van der Waals surface area contributed by atoms with Crippen LogP contribution in [0.15, 0.2) is 29.3 Å². The number of halogens is 2. The standard InChI is InChI=1S/C20H31FN4O3.HI/c1-20(2,3)28-19(26)24-16-10-11-25(13-16)18(22-4)23-12-17(27-5)14-6-8-15(21)9-7-14;/h6-9,16-17H,10-13H2,1-5H3,(H,22,23)(H,24,26);1H. The Morgan fingerprint density at radius 1 is 1.34 bits per heavy atom. The molecule has 2 unspecified atom stereocenters. The minimum Gasteiger partial charge on any atom is -0.444 e. The highest BCUT2D eigenvalue weighted by molar-refractivity contribution is 14.0. The Labute approximate surface area is 189 Å². The highest BCUT2D eigenvalue weighted by Crippen LogP contribution is 2.17. The van der Waals surface area contributed by atoms with Crippen LogP contribution in [0.2, 0.25) is 0 Å². The van der Waals surface area contributed by atoms with Crippen molar-refractivity contribution in [3.05, 3.63) is 35.6 Å². The highest BCUT2D eigenvalue weighted by Gasteiger charge is 2.28. The van der Waals surface area contributed by atoms with Crippen molar-refractivity contribution >= 4 is 36.0 Å². The van der Waals surface area contributed by atoms with Crippen LogP contribution in [-0.2, 0) is 9.47 Å². The zero-order valence-corrected chi connectivity index (χ0v) is 20.0. The van der Waals surface area contributed by atoms with Crippen molar-refractivity contribution in [2.75, 3.05) is 33.8 Å². The fourth-order valence-electron chi connectivity index (χ4n) is 3.08. The van der Waals surface area contributed by atoms with Crippen molar-refractivity contribution in [1.29, 1.82) is 0 Å². The molecule has 0 aromatic heterocycles. The van der Waals surface area contributed by atoms with Crippen LogP contribution in [0.25, 0.3) is 0 Å². The summed E-state index contributed by atoms with van der Waals surface area (Å²) >= 11 is 0. The van der Waals surface area contributed by atoms with Crippen molar-refractivity contribution in [1.82, 2.24) is 15.5 Å². The maximum absolute atomic E-state index is 13.1. The van der Waals surface area contributed by atoms with E-state index in [4.69, 9.17) is 9.47 Å². The largest absolute Gasteiger partial charge is 0.444 e. The number of alkyl carbamates (subject to hydrolysis) is 1. The van der Waals surface area contributed by atoms with Crippen LogP contribution < -0.4 is 10.6 Å². The number of methoxy groups -OCH3 is 1. The number of carbonyl (C=O) groups excluding carboxylic acids is 1. The van der Waals surface area contributed by atoms with Gasteiger partial charge in [-0.1, -0.05) is 12.1 Å². The number of hydrogen-bond acceptors (Lipinski definition) is 4. The van der Waals surface area contributed by atoms with Crippen LogP contribution >= 0.6 is 24.0 Å². The third-order valence-corrected chi connectivity index (χ3v) is 4.39. The molecule has 1 aliphatic heterocycles. The van der Waals surface area contributed by atoms with Gasteiger partial charge in [0.05, 0.1) is 12.1 Å². The van der Waals surface area contributed by atoms with Gasteiger partial charge in [-0.2, -0.15) is 0 Å². The molecular formula is C20H32FIN4O3. The van der Waals surface area contributed by atoms with Gasteiger partial charge in [0.25, 0.3) is 0 Å². The number of ether oxygens (including phenoxy) is 2. The molecule has 0 bridgehead atoms. The molecule has 7 nitrogen and oxygen atoms in total. The molecule has 1 fully saturated rings. The van der Waals surface area contributed by atoms with Gasteiger partial charge < -0.3 is 25.0 Å². The number of guanidine groups is 1. The monoisotopic (exact) mass is 522 g/mol. The zero-order valence-electron chi connectivity index (χ0n) is 17.7. The van der Waals surface area contributed by atoms with Crippen LogP contribution in [-0.4, -0.2) is 62.4 Å². The summed E-state index contributed by atoms with van der Waals surface area (Å²) in [5.74, 6) is 0.459. The van der Waals surface area contributed by atoms with Crippen LogP contribution in [0.5, 0.6) is 0 Å². The molecule has 1 aromatic carbocycles. The molecule has 29 heavy (non-hydrogen) atoms. The predicted molar refractivity (Wildman–Crippen MR) is 122 cm³/mol. The molecule has 0 radical (unpaired) electrons. The van der Waals surface area contributed by atoms with Gasteiger partial charge in [-0.05, 0) is 44.9 Å². The molecule has 2 N–H and O–H groups in total. The first-order chi connectivity index (χ1) is 13.2. The Morgan fingerprint density at radius 3 is 2.55 bits per heavy atom. The highest BCUT2D eigenvalue weighted by atomic mass is 127. The number of aliphatic imine (C=N–C) groups is 1. The molecule has 0 spiro atoms. The van der Waals surface area contributed by atoms with Gasteiger partial charge in [0.2, 0.25) is 0 Å². The number of amides is 1. The molecule has 1 saturated heterocycles. The van der Waals surface area contributed by atoms with E-state index in [0.29, 0.717) is 13.1 Å². The van der Waals surface area contributed by atoms with E-state index in [0.717, 1.165) is 24.5 Å². The molecule has 2 rings (SSSR count). The van der Waals surface area contributed by atoms with E-state index in [2.05, 4.69) is 20.5 Å². The lowest BCUT2D eigenvalue weighted by Gasteiger charge is -2.25. The summed E-state index contributed by atoms with van der Waals surface area (Å²) in [5, 5.41) is 6.21. The summed E-state index contributed by atoms with van der Waals surface area (Å²) in [7, 11) is 3.34. The van der Waals surface area contributed by atoms with E-state index in [9.17, 15) is 9.18 Å². The Kier molecular flexibility index (Phi) is 10.1. The first kappa shape index (κ1) is 25.4. The molecule has 2 atom stereocenters. The first-order valence-electron chi connectivity index (χ1n) is 9.45. The number of hydrogen-bond donors (Lipinski definition) is 2. The molecule has 1 heterocycles. The van der Waals surface area contributed by atoms with E-state index in [1.807, 2.05) is 20.8 Å². The first-order valence-corrected chi connectivity index (χ1v) is 9.45. The molecular weight excluding hydrogens is 490 g/mol. The van der Waals surface area contributed by atoms with Crippen LogP contribution in [0, 0.1) is 5.82 Å². The lowest BCUT2D eigenvalue weighted by molar-refractivity contribution is 0.0507. The number of likely N-dealkylation sites (tertiary alicyclic amines) is 1. The molecule has 0 aliphatic carbocycles. The average Bonchev–Trinajstić information content (AvgIpc) is 3.06. The Balaban J connectivity index is 0.00000420. The van der Waals surface area contributed by atoms with E-state index in [1.54, 1.807) is 26.3 Å². The Morgan fingerprint density at radius 2 is 2.00 bits per heavy atom. The van der Waals surface area contributed by atoms with Gasteiger partial charge >= 0.3 is 6.09 Å². The number of carbonyl (C=O) groups is 1. The van der Waals surface area contributed by atoms with Crippen LogP contribution in [0.4, 0.5) is 9.18 Å². The Bertz CT molecular complexity index is 679. The fourth-order valence-corrected chi connectivity index (χ4v) is 3.08. The normalized spacial score (nSPS) is 18.1. The quantitative estimate of drug-likeness (QED) is 0.353. The van der Waals surface area contributed by atoms with Gasteiger partial charge in [-0.25, -0.2) is 9.18 Å². The van der Waals surface area contributed by atoms with E-state index in [-0.39, 0.29) is 41.9 Å². The van der Waals surface area contributed by atoms with Crippen molar-refractivity contribution in [2.24, 2.45) is 4.99 Å². The second-order valence-electron chi connectivity index (χ2n) is 7.78. The second-order valence-corrected chi connectivity index (χ2v) is 7.78. The fraction of sp³-hybridized carbons (Fsp3) is 0.600. The van der Waals surface area contributed by atoms with Crippen LogP contribution in [0.1, 0.15) is 38.9 Å². The number of nitrogens with zero attached hydrogens (tertiary/aromatic N) is 2. The van der Waals surface area contributed by atoms with E-state index in [1.165, 1.54) is 12.1 Å². The molecule has 1 amide bonds.